The van der Waals surface area contributed by atoms with Gasteiger partial charge in [-0.2, -0.15) is 0 Å². The molecule has 16 heavy (non-hydrogen) atoms. The molecular formula is C15H24O. The quantitative estimate of drug-likeness (QED) is 0.694. The Bertz CT molecular complexity index is 287. The number of hydrogen-bond donors (Lipinski definition) is 0. The second kappa shape index (κ2) is 6.57. The van der Waals surface area contributed by atoms with Crippen LogP contribution in [0.2, 0.25) is 0 Å². The van der Waals surface area contributed by atoms with E-state index < -0.39 is 0 Å². The van der Waals surface area contributed by atoms with Gasteiger partial charge in [0.05, 0.1) is 7.11 Å². The largest absolute Gasteiger partial charge is 0.497 e. The maximum absolute atomic E-state index is 5.17. The summed E-state index contributed by atoms with van der Waals surface area (Å²) in [7, 11) is 1.71. The Morgan fingerprint density at radius 1 is 1.12 bits per heavy atom. The zero-order chi connectivity index (χ0) is 12.0. The maximum Gasteiger partial charge on any atom is 0.118 e. The molecule has 1 atom stereocenters. The molecule has 0 amide bonds. The molecular weight excluding hydrogens is 196 g/mol. The van der Waals surface area contributed by atoms with E-state index in [-0.39, 0.29) is 0 Å². The SMILES string of the molecule is CCCC(Cc1ccc(OC)cc1)C(C)C. The third-order valence-electron chi connectivity index (χ3n) is 3.26. The Hall–Kier alpha value is -0.980. The van der Waals surface area contributed by atoms with Crippen molar-refractivity contribution in [2.24, 2.45) is 11.8 Å². The van der Waals surface area contributed by atoms with E-state index in [0.717, 1.165) is 17.6 Å². The lowest BCUT2D eigenvalue weighted by Gasteiger charge is -2.20. The number of ether oxygens (including phenoxy) is 1. The van der Waals surface area contributed by atoms with Gasteiger partial charge in [0.1, 0.15) is 5.75 Å². The molecule has 1 aromatic rings. The molecule has 0 saturated heterocycles. The summed E-state index contributed by atoms with van der Waals surface area (Å²) < 4.78 is 5.17. The Morgan fingerprint density at radius 3 is 2.19 bits per heavy atom. The van der Waals surface area contributed by atoms with Crippen molar-refractivity contribution in [3.63, 3.8) is 0 Å². The number of rotatable bonds is 6. The average Bonchev–Trinajstić information content (AvgIpc) is 2.29. The molecule has 1 heteroatoms. The van der Waals surface area contributed by atoms with Crippen molar-refractivity contribution in [1.82, 2.24) is 0 Å². The molecule has 0 aliphatic rings. The van der Waals surface area contributed by atoms with Crippen molar-refractivity contribution < 1.29 is 4.74 Å². The second-order valence-electron chi connectivity index (χ2n) is 4.84. The molecule has 0 aromatic heterocycles. The first kappa shape index (κ1) is 13.1. The summed E-state index contributed by atoms with van der Waals surface area (Å²) in [4.78, 5) is 0. The third-order valence-corrected chi connectivity index (χ3v) is 3.26. The van der Waals surface area contributed by atoms with Gasteiger partial charge in [0, 0.05) is 0 Å². The highest BCUT2D eigenvalue weighted by molar-refractivity contribution is 5.27. The summed E-state index contributed by atoms with van der Waals surface area (Å²) in [5.41, 5.74) is 1.42. The van der Waals surface area contributed by atoms with Gasteiger partial charge in [-0.05, 0) is 36.0 Å². The van der Waals surface area contributed by atoms with Gasteiger partial charge in [0.25, 0.3) is 0 Å². The lowest BCUT2D eigenvalue weighted by molar-refractivity contribution is 0.354. The molecule has 0 radical (unpaired) electrons. The monoisotopic (exact) mass is 220 g/mol. The zero-order valence-electron chi connectivity index (χ0n) is 11.0. The van der Waals surface area contributed by atoms with Crippen LogP contribution in [0.3, 0.4) is 0 Å². The van der Waals surface area contributed by atoms with Gasteiger partial charge in [0.2, 0.25) is 0 Å². The van der Waals surface area contributed by atoms with Crippen LogP contribution >= 0.6 is 0 Å². The topological polar surface area (TPSA) is 9.23 Å². The van der Waals surface area contributed by atoms with E-state index in [1.54, 1.807) is 7.11 Å². The lowest BCUT2D eigenvalue weighted by Crippen LogP contribution is -2.11. The smallest absolute Gasteiger partial charge is 0.118 e. The fourth-order valence-electron chi connectivity index (χ4n) is 2.11. The van der Waals surface area contributed by atoms with Gasteiger partial charge in [-0.15, -0.1) is 0 Å². The molecule has 0 heterocycles. The molecule has 0 aliphatic carbocycles. The summed E-state index contributed by atoms with van der Waals surface area (Å²) >= 11 is 0. The van der Waals surface area contributed by atoms with Crippen LogP contribution in [-0.2, 0) is 6.42 Å². The molecule has 0 saturated carbocycles. The van der Waals surface area contributed by atoms with Gasteiger partial charge in [-0.3, -0.25) is 0 Å². The van der Waals surface area contributed by atoms with Crippen molar-refractivity contribution in [3.05, 3.63) is 29.8 Å². The molecule has 1 unspecified atom stereocenters. The van der Waals surface area contributed by atoms with E-state index in [9.17, 15) is 0 Å². The zero-order valence-corrected chi connectivity index (χ0v) is 11.0. The maximum atomic E-state index is 5.17. The Morgan fingerprint density at radius 2 is 1.75 bits per heavy atom. The molecule has 1 nitrogen and oxygen atoms in total. The van der Waals surface area contributed by atoms with Crippen LogP contribution in [0.1, 0.15) is 39.2 Å². The van der Waals surface area contributed by atoms with Gasteiger partial charge < -0.3 is 4.74 Å². The standard InChI is InChI=1S/C15H24O/c1-5-6-14(12(2)3)11-13-7-9-15(16-4)10-8-13/h7-10,12,14H,5-6,11H2,1-4H3. The van der Waals surface area contributed by atoms with Crippen LogP contribution in [0.25, 0.3) is 0 Å². The third kappa shape index (κ3) is 3.88. The average molecular weight is 220 g/mol. The summed E-state index contributed by atoms with van der Waals surface area (Å²) in [6.07, 6.45) is 3.79. The minimum Gasteiger partial charge on any atom is -0.497 e. The molecule has 1 aromatic carbocycles. The van der Waals surface area contributed by atoms with Crippen LogP contribution in [0.5, 0.6) is 5.75 Å². The minimum atomic E-state index is 0.766. The highest BCUT2D eigenvalue weighted by Gasteiger charge is 2.12. The van der Waals surface area contributed by atoms with Crippen molar-refractivity contribution in [3.8, 4) is 5.75 Å². The molecule has 90 valence electrons. The Labute approximate surface area is 99.8 Å². The van der Waals surface area contributed by atoms with Crippen molar-refractivity contribution in [2.75, 3.05) is 7.11 Å². The predicted octanol–water partition coefficient (Wildman–Crippen LogP) is 4.31. The van der Waals surface area contributed by atoms with Gasteiger partial charge >= 0.3 is 0 Å². The molecule has 0 spiro atoms. The van der Waals surface area contributed by atoms with Crippen LogP contribution in [0, 0.1) is 11.8 Å². The summed E-state index contributed by atoms with van der Waals surface area (Å²) in [5, 5.41) is 0. The number of hydrogen-bond acceptors (Lipinski definition) is 1. The predicted molar refractivity (Wildman–Crippen MR) is 69.9 cm³/mol. The van der Waals surface area contributed by atoms with Crippen LogP contribution in [0.4, 0.5) is 0 Å². The van der Waals surface area contributed by atoms with E-state index in [2.05, 4.69) is 45.0 Å². The van der Waals surface area contributed by atoms with Crippen LogP contribution in [-0.4, -0.2) is 7.11 Å². The summed E-state index contributed by atoms with van der Waals surface area (Å²) in [6.45, 7) is 6.91. The first-order valence-corrected chi connectivity index (χ1v) is 6.30. The fraction of sp³-hybridized carbons (Fsp3) is 0.600. The van der Waals surface area contributed by atoms with Gasteiger partial charge in [0.15, 0.2) is 0 Å². The fourth-order valence-corrected chi connectivity index (χ4v) is 2.11. The minimum absolute atomic E-state index is 0.766. The van der Waals surface area contributed by atoms with Crippen LogP contribution in [0.15, 0.2) is 24.3 Å². The molecule has 0 bridgehead atoms. The molecule has 1 rings (SSSR count). The van der Waals surface area contributed by atoms with Crippen molar-refractivity contribution in [1.29, 1.82) is 0 Å². The Balaban J connectivity index is 2.62. The van der Waals surface area contributed by atoms with Crippen LogP contribution < -0.4 is 4.74 Å². The molecule has 0 N–H and O–H groups in total. The van der Waals surface area contributed by atoms with E-state index in [4.69, 9.17) is 4.74 Å². The Kier molecular flexibility index (Phi) is 5.37. The van der Waals surface area contributed by atoms with E-state index >= 15 is 0 Å². The molecule has 0 aliphatic heterocycles. The van der Waals surface area contributed by atoms with E-state index in [0.29, 0.717) is 0 Å². The normalized spacial score (nSPS) is 12.8. The van der Waals surface area contributed by atoms with E-state index in [1.165, 1.54) is 24.8 Å². The number of methoxy groups -OCH3 is 1. The van der Waals surface area contributed by atoms with Crippen molar-refractivity contribution in [2.45, 2.75) is 40.0 Å². The van der Waals surface area contributed by atoms with Gasteiger partial charge in [-0.1, -0.05) is 45.7 Å². The first-order valence-electron chi connectivity index (χ1n) is 6.30. The summed E-state index contributed by atoms with van der Waals surface area (Å²) in [6, 6.07) is 8.48. The van der Waals surface area contributed by atoms with E-state index in [1.807, 2.05) is 0 Å². The first-order chi connectivity index (χ1) is 7.67. The summed E-state index contributed by atoms with van der Waals surface area (Å²) in [5.74, 6) is 2.51. The molecule has 0 fully saturated rings. The highest BCUT2D eigenvalue weighted by Crippen LogP contribution is 2.23. The lowest BCUT2D eigenvalue weighted by atomic mass is 9.86. The highest BCUT2D eigenvalue weighted by atomic mass is 16.5. The second-order valence-corrected chi connectivity index (χ2v) is 4.84. The van der Waals surface area contributed by atoms with Crippen molar-refractivity contribution >= 4 is 0 Å². The van der Waals surface area contributed by atoms with Gasteiger partial charge in [-0.25, -0.2) is 0 Å². The number of benzene rings is 1.